The maximum absolute atomic E-state index is 9.98. The molecular formula is C58H34N6O. The summed E-state index contributed by atoms with van der Waals surface area (Å²) in [6.45, 7) is 0. The largest absolute Gasteiger partial charge is 0.455 e. The van der Waals surface area contributed by atoms with Crippen LogP contribution in [0.15, 0.2) is 211 Å². The average Bonchev–Trinajstić information content (AvgIpc) is 4.04. The van der Waals surface area contributed by atoms with E-state index in [2.05, 4.69) is 143 Å². The van der Waals surface area contributed by atoms with Crippen molar-refractivity contribution in [2.45, 2.75) is 0 Å². The SMILES string of the molecule is N#Cc1cccc(-c2cc(-n3c4ccccc4c4ccc5c6ccccc6n(-c6nc(-c7ccccc7)nc(-c7ccc(-c8ccccc8)cc7)n6)c5c43)cc3c2oc2ccccc23)c1. The minimum atomic E-state index is 0.516. The molecule has 0 unspecified atom stereocenters. The average molecular weight is 831 g/mol. The van der Waals surface area contributed by atoms with Gasteiger partial charge in [-0.25, -0.2) is 4.98 Å². The van der Waals surface area contributed by atoms with Crippen LogP contribution in [0.2, 0.25) is 0 Å². The van der Waals surface area contributed by atoms with E-state index >= 15 is 0 Å². The summed E-state index contributed by atoms with van der Waals surface area (Å²) in [6, 6.07) is 73.2. The van der Waals surface area contributed by atoms with Crippen molar-refractivity contribution in [3.8, 4) is 62.7 Å². The minimum Gasteiger partial charge on any atom is -0.455 e. The summed E-state index contributed by atoms with van der Waals surface area (Å²) in [5.74, 6) is 1.67. The van der Waals surface area contributed by atoms with Gasteiger partial charge in [-0.2, -0.15) is 15.2 Å². The van der Waals surface area contributed by atoms with Crippen molar-refractivity contribution in [2.24, 2.45) is 0 Å². The van der Waals surface area contributed by atoms with E-state index in [1.54, 1.807) is 0 Å². The molecule has 7 nitrogen and oxygen atoms in total. The van der Waals surface area contributed by atoms with Crippen LogP contribution in [0.5, 0.6) is 0 Å². The molecule has 4 aromatic heterocycles. The molecule has 0 aliphatic heterocycles. The lowest BCUT2D eigenvalue weighted by molar-refractivity contribution is 0.670. The van der Waals surface area contributed by atoms with Crippen LogP contribution in [0.1, 0.15) is 5.56 Å². The summed E-state index contributed by atoms with van der Waals surface area (Å²) in [5, 5.41) is 16.4. The molecule has 0 saturated heterocycles. The quantitative estimate of drug-likeness (QED) is 0.167. The number of nitrogens with zero attached hydrogens (tertiary/aromatic N) is 6. The van der Waals surface area contributed by atoms with E-state index < -0.39 is 0 Å². The number of fused-ring (bicyclic) bond motifs is 10. The second-order valence-corrected chi connectivity index (χ2v) is 16.3. The zero-order valence-electron chi connectivity index (χ0n) is 34.7. The van der Waals surface area contributed by atoms with Crippen LogP contribution < -0.4 is 0 Å². The Morgan fingerprint density at radius 3 is 1.63 bits per heavy atom. The van der Waals surface area contributed by atoms with Gasteiger partial charge in [0, 0.05) is 54.7 Å². The minimum absolute atomic E-state index is 0.516. The van der Waals surface area contributed by atoms with Crippen LogP contribution in [0.4, 0.5) is 0 Å². The third-order valence-electron chi connectivity index (χ3n) is 12.6. The maximum atomic E-state index is 9.98. The molecule has 13 aromatic rings. The van der Waals surface area contributed by atoms with E-state index in [0.29, 0.717) is 23.2 Å². The highest BCUT2D eigenvalue weighted by Crippen LogP contribution is 2.44. The van der Waals surface area contributed by atoms with E-state index in [4.69, 9.17) is 19.4 Å². The topological polar surface area (TPSA) is 85.5 Å². The predicted octanol–water partition coefficient (Wildman–Crippen LogP) is 14.5. The van der Waals surface area contributed by atoms with Crippen molar-refractivity contribution in [1.29, 1.82) is 5.26 Å². The monoisotopic (exact) mass is 830 g/mol. The summed E-state index contributed by atoms with van der Waals surface area (Å²) in [5.41, 5.74) is 13.0. The van der Waals surface area contributed by atoms with Gasteiger partial charge in [0.05, 0.1) is 33.7 Å². The first-order valence-corrected chi connectivity index (χ1v) is 21.6. The molecule has 0 aliphatic rings. The van der Waals surface area contributed by atoms with Gasteiger partial charge >= 0.3 is 0 Å². The Bertz CT molecular complexity index is 4060. The second kappa shape index (κ2) is 14.5. The molecule has 0 amide bonds. The maximum Gasteiger partial charge on any atom is 0.238 e. The van der Waals surface area contributed by atoms with Gasteiger partial charge in [-0.05, 0) is 59.2 Å². The van der Waals surface area contributed by atoms with Crippen molar-refractivity contribution < 1.29 is 4.42 Å². The Morgan fingerprint density at radius 1 is 0.400 bits per heavy atom. The highest BCUT2D eigenvalue weighted by Gasteiger charge is 2.25. The number of benzene rings is 9. The highest BCUT2D eigenvalue weighted by molar-refractivity contribution is 6.24. The Balaban J connectivity index is 1.14. The van der Waals surface area contributed by atoms with E-state index in [1.807, 2.05) is 78.9 Å². The van der Waals surface area contributed by atoms with Crippen molar-refractivity contribution in [3.63, 3.8) is 0 Å². The van der Waals surface area contributed by atoms with Crippen molar-refractivity contribution in [2.75, 3.05) is 0 Å². The van der Waals surface area contributed by atoms with Gasteiger partial charge in [-0.15, -0.1) is 0 Å². The van der Waals surface area contributed by atoms with Gasteiger partial charge in [-0.3, -0.25) is 4.57 Å². The number of hydrogen-bond donors (Lipinski definition) is 0. The first-order chi connectivity index (χ1) is 32.2. The molecule has 302 valence electrons. The lowest BCUT2D eigenvalue weighted by Gasteiger charge is -2.14. The Morgan fingerprint density at radius 2 is 0.938 bits per heavy atom. The summed E-state index contributed by atoms with van der Waals surface area (Å²) < 4.78 is 11.3. The van der Waals surface area contributed by atoms with Gasteiger partial charge < -0.3 is 8.98 Å². The molecule has 0 aliphatic carbocycles. The van der Waals surface area contributed by atoms with E-state index in [1.165, 1.54) is 0 Å². The third-order valence-corrected chi connectivity index (χ3v) is 12.6. The molecular weight excluding hydrogens is 797 g/mol. The van der Waals surface area contributed by atoms with Crippen molar-refractivity contribution in [1.82, 2.24) is 24.1 Å². The highest BCUT2D eigenvalue weighted by atomic mass is 16.3. The Labute approximate surface area is 372 Å². The molecule has 0 radical (unpaired) electrons. The van der Waals surface area contributed by atoms with Crippen LogP contribution in [0.3, 0.4) is 0 Å². The molecule has 65 heavy (non-hydrogen) atoms. The first kappa shape index (κ1) is 36.5. The van der Waals surface area contributed by atoms with Crippen LogP contribution in [-0.4, -0.2) is 24.1 Å². The smallest absolute Gasteiger partial charge is 0.238 e. The van der Waals surface area contributed by atoms with E-state index in [9.17, 15) is 5.26 Å². The molecule has 0 atom stereocenters. The molecule has 0 N–H and O–H groups in total. The lowest BCUT2D eigenvalue weighted by atomic mass is 9.99. The van der Waals surface area contributed by atoms with Crippen LogP contribution in [0, 0.1) is 11.3 Å². The van der Waals surface area contributed by atoms with Gasteiger partial charge in [0.25, 0.3) is 0 Å². The van der Waals surface area contributed by atoms with Gasteiger partial charge in [-0.1, -0.05) is 164 Å². The molecule has 7 heteroatoms. The molecule has 0 saturated carbocycles. The number of nitriles is 1. The summed E-state index contributed by atoms with van der Waals surface area (Å²) in [4.78, 5) is 15.8. The van der Waals surface area contributed by atoms with Crippen molar-refractivity contribution in [3.05, 3.63) is 212 Å². The van der Waals surface area contributed by atoms with Crippen LogP contribution >= 0.6 is 0 Å². The Kier molecular flexibility index (Phi) is 8.14. The normalized spacial score (nSPS) is 11.7. The number of hydrogen-bond acceptors (Lipinski definition) is 5. The first-order valence-electron chi connectivity index (χ1n) is 21.6. The second-order valence-electron chi connectivity index (χ2n) is 16.3. The summed E-state index contributed by atoms with van der Waals surface area (Å²) >= 11 is 0. The standard InChI is InChI=1S/C58H34N6O/c59-35-36-14-13-19-41(32-36)48-33-42(34-49-45-22-9-12-25-52(45)65-55(48)49)63-50-23-10-7-20-43(50)46-30-31-47-44-21-8-11-24-51(44)64(54(47)53(46)63)58-61-56(39-17-5-2-6-18-39)60-57(62-58)40-28-26-38(27-29-40)37-15-3-1-4-16-37/h1-34H. The van der Waals surface area contributed by atoms with Crippen LogP contribution in [-0.2, 0) is 0 Å². The number of rotatable bonds is 6. The summed E-state index contributed by atoms with van der Waals surface area (Å²) in [6.07, 6.45) is 0. The fraction of sp³-hybridized carbons (Fsp3) is 0. The number of aromatic nitrogens is 5. The van der Waals surface area contributed by atoms with Crippen LogP contribution in [0.25, 0.3) is 122 Å². The molecule has 0 spiro atoms. The third kappa shape index (κ3) is 5.78. The van der Waals surface area contributed by atoms with Gasteiger partial charge in [0.1, 0.15) is 11.2 Å². The Hall–Kier alpha value is -9.12. The fourth-order valence-corrected chi connectivity index (χ4v) is 9.64. The van der Waals surface area contributed by atoms with Crippen molar-refractivity contribution >= 4 is 65.6 Å². The molecule has 0 fully saturated rings. The molecule has 4 heterocycles. The zero-order valence-corrected chi connectivity index (χ0v) is 34.7. The lowest BCUT2D eigenvalue weighted by Crippen LogP contribution is -2.07. The van der Waals surface area contributed by atoms with Gasteiger partial charge in [0.2, 0.25) is 5.95 Å². The summed E-state index contributed by atoms with van der Waals surface area (Å²) in [7, 11) is 0. The fourth-order valence-electron chi connectivity index (χ4n) is 9.64. The number of para-hydroxylation sites is 3. The molecule has 13 rings (SSSR count). The zero-order chi connectivity index (χ0) is 43.0. The molecule has 9 aromatic carbocycles. The molecule has 0 bridgehead atoms. The predicted molar refractivity (Wildman–Crippen MR) is 262 cm³/mol. The van der Waals surface area contributed by atoms with E-state index in [-0.39, 0.29) is 0 Å². The van der Waals surface area contributed by atoms with E-state index in [0.717, 1.165) is 105 Å². The van der Waals surface area contributed by atoms with Gasteiger partial charge in [0.15, 0.2) is 11.6 Å². The number of furan rings is 1.